The molecule has 0 saturated carbocycles. The third kappa shape index (κ3) is 3.58. The molecule has 0 amide bonds. The van der Waals surface area contributed by atoms with E-state index in [0.29, 0.717) is 0 Å². The first-order valence-corrected chi connectivity index (χ1v) is 7.96. The van der Waals surface area contributed by atoms with E-state index in [0.717, 1.165) is 28.0 Å². The molecule has 1 heterocycles. The fourth-order valence-corrected chi connectivity index (χ4v) is 3.51. The van der Waals surface area contributed by atoms with E-state index in [-0.39, 0.29) is 6.04 Å². The zero-order valence-corrected chi connectivity index (χ0v) is 13.3. The third-order valence-corrected chi connectivity index (χ3v) is 4.49. The molecule has 18 heavy (non-hydrogen) atoms. The van der Waals surface area contributed by atoms with Gasteiger partial charge in [-0.2, -0.15) is 0 Å². The fourth-order valence-electron chi connectivity index (χ4n) is 1.95. The fraction of sp³-hybridized carbons (Fsp3) is 0.286. The average molecular weight is 345 g/mol. The molecule has 1 unspecified atom stereocenters. The van der Waals surface area contributed by atoms with Crippen molar-refractivity contribution in [1.82, 2.24) is 5.32 Å². The molecule has 1 N–H and O–H groups in total. The molecule has 1 aromatic carbocycles. The Balaban J connectivity index is 2.23. The average Bonchev–Trinajstić information content (AvgIpc) is 2.81. The van der Waals surface area contributed by atoms with Gasteiger partial charge in [-0.3, -0.25) is 0 Å². The van der Waals surface area contributed by atoms with E-state index in [1.165, 1.54) is 4.88 Å². The molecular weight excluding hydrogens is 330 g/mol. The number of thiophene rings is 1. The van der Waals surface area contributed by atoms with Gasteiger partial charge in [0, 0.05) is 26.8 Å². The van der Waals surface area contributed by atoms with E-state index in [1.807, 2.05) is 12.1 Å². The highest BCUT2D eigenvalue weighted by molar-refractivity contribution is 9.10. The molecular formula is C14H15BrClNS. The summed E-state index contributed by atoms with van der Waals surface area (Å²) in [5.74, 6) is 0. The third-order valence-electron chi connectivity index (χ3n) is 2.77. The summed E-state index contributed by atoms with van der Waals surface area (Å²) in [6.07, 6.45) is 0.979. The maximum Gasteiger partial charge on any atom is 0.0465 e. The van der Waals surface area contributed by atoms with Crippen LogP contribution in [-0.4, -0.2) is 6.54 Å². The summed E-state index contributed by atoms with van der Waals surface area (Å²) in [7, 11) is 0. The lowest BCUT2D eigenvalue weighted by atomic mass is 10.0. The summed E-state index contributed by atoms with van der Waals surface area (Å²) in [5.41, 5.74) is 1.16. The lowest BCUT2D eigenvalue weighted by molar-refractivity contribution is 0.553. The summed E-state index contributed by atoms with van der Waals surface area (Å²) in [6, 6.07) is 10.6. The largest absolute Gasteiger partial charge is 0.310 e. The van der Waals surface area contributed by atoms with Crippen LogP contribution in [0.4, 0.5) is 0 Å². The minimum Gasteiger partial charge on any atom is -0.310 e. The van der Waals surface area contributed by atoms with Gasteiger partial charge >= 0.3 is 0 Å². The van der Waals surface area contributed by atoms with E-state index in [4.69, 9.17) is 11.6 Å². The Hall–Kier alpha value is -0.350. The zero-order valence-electron chi connectivity index (χ0n) is 10.1. The smallest absolute Gasteiger partial charge is 0.0465 e. The van der Waals surface area contributed by atoms with Crippen LogP contribution in [0.5, 0.6) is 0 Å². The normalized spacial score (nSPS) is 12.6. The van der Waals surface area contributed by atoms with E-state index in [9.17, 15) is 0 Å². The molecule has 0 bridgehead atoms. The van der Waals surface area contributed by atoms with Gasteiger partial charge in [-0.15, -0.1) is 11.3 Å². The summed E-state index contributed by atoms with van der Waals surface area (Å²) in [5, 5.41) is 6.43. The second-order valence-electron chi connectivity index (χ2n) is 4.06. The number of nitrogens with one attached hydrogen (secondary N) is 1. The topological polar surface area (TPSA) is 12.0 Å². The Labute approximate surface area is 125 Å². The van der Waals surface area contributed by atoms with E-state index < -0.39 is 0 Å². The van der Waals surface area contributed by atoms with Crippen LogP contribution in [0.15, 0.2) is 40.2 Å². The predicted octanol–water partition coefficient (Wildman–Crippen LogP) is 5.06. The molecule has 2 aromatic rings. The van der Waals surface area contributed by atoms with Gasteiger partial charge < -0.3 is 5.32 Å². The Morgan fingerprint density at radius 3 is 2.83 bits per heavy atom. The van der Waals surface area contributed by atoms with Gasteiger partial charge in [-0.1, -0.05) is 46.6 Å². The number of likely N-dealkylation sites (N-methyl/N-ethyl adjacent to an activating group) is 1. The molecule has 4 heteroatoms. The lowest BCUT2D eigenvalue weighted by Crippen LogP contribution is -2.22. The van der Waals surface area contributed by atoms with Crippen LogP contribution in [0.25, 0.3) is 0 Å². The minimum absolute atomic E-state index is 0.272. The monoisotopic (exact) mass is 343 g/mol. The highest BCUT2D eigenvalue weighted by Crippen LogP contribution is 2.29. The summed E-state index contributed by atoms with van der Waals surface area (Å²) in [4.78, 5) is 1.37. The van der Waals surface area contributed by atoms with Crippen molar-refractivity contribution in [2.75, 3.05) is 6.54 Å². The zero-order chi connectivity index (χ0) is 13.0. The van der Waals surface area contributed by atoms with Crippen molar-refractivity contribution in [3.05, 3.63) is 55.6 Å². The van der Waals surface area contributed by atoms with Gasteiger partial charge in [0.1, 0.15) is 0 Å². The maximum atomic E-state index is 6.33. The molecule has 0 fully saturated rings. The van der Waals surface area contributed by atoms with Crippen LogP contribution in [-0.2, 0) is 6.42 Å². The highest BCUT2D eigenvalue weighted by Gasteiger charge is 2.15. The second-order valence-corrected chi connectivity index (χ2v) is 6.41. The van der Waals surface area contributed by atoms with Gasteiger partial charge in [0.2, 0.25) is 0 Å². The quantitative estimate of drug-likeness (QED) is 0.799. The van der Waals surface area contributed by atoms with Crippen LogP contribution in [0, 0.1) is 0 Å². The molecule has 0 radical (unpaired) electrons. The van der Waals surface area contributed by atoms with Gasteiger partial charge in [0.25, 0.3) is 0 Å². The van der Waals surface area contributed by atoms with Crippen LogP contribution >= 0.6 is 38.9 Å². The number of halogens is 2. The van der Waals surface area contributed by atoms with Gasteiger partial charge in [-0.25, -0.2) is 0 Å². The molecule has 2 rings (SSSR count). The predicted molar refractivity (Wildman–Crippen MR) is 83.6 cm³/mol. The standard InChI is InChI=1S/C14H15BrClNS/c1-2-17-14(9-11-4-3-7-18-11)12-6-5-10(15)8-13(12)16/h3-8,14,17H,2,9H2,1H3. The van der Waals surface area contributed by atoms with Gasteiger partial charge in [0.05, 0.1) is 0 Å². The van der Waals surface area contributed by atoms with Crippen molar-refractivity contribution in [3.63, 3.8) is 0 Å². The van der Waals surface area contributed by atoms with E-state index in [2.05, 4.69) is 51.7 Å². The summed E-state index contributed by atoms with van der Waals surface area (Å²) in [6.45, 7) is 3.05. The number of rotatable bonds is 5. The van der Waals surface area contributed by atoms with Crippen molar-refractivity contribution >= 4 is 38.9 Å². The Bertz CT molecular complexity index is 499. The van der Waals surface area contributed by atoms with Gasteiger partial charge in [-0.05, 0) is 35.7 Å². The first-order valence-electron chi connectivity index (χ1n) is 5.91. The first-order chi connectivity index (χ1) is 8.70. The molecule has 1 aromatic heterocycles. The summed E-state index contributed by atoms with van der Waals surface area (Å²) >= 11 is 11.6. The van der Waals surface area contributed by atoms with Crippen LogP contribution < -0.4 is 5.32 Å². The van der Waals surface area contributed by atoms with Crippen molar-refractivity contribution in [3.8, 4) is 0 Å². The number of hydrogen-bond donors (Lipinski definition) is 1. The highest BCUT2D eigenvalue weighted by atomic mass is 79.9. The first kappa shape index (κ1) is 14.1. The Morgan fingerprint density at radius 1 is 1.39 bits per heavy atom. The molecule has 0 aliphatic carbocycles. The molecule has 0 aliphatic heterocycles. The number of hydrogen-bond acceptors (Lipinski definition) is 2. The van der Waals surface area contributed by atoms with Crippen molar-refractivity contribution in [2.45, 2.75) is 19.4 Å². The van der Waals surface area contributed by atoms with E-state index >= 15 is 0 Å². The molecule has 0 spiro atoms. The molecule has 0 saturated heterocycles. The van der Waals surface area contributed by atoms with Crippen molar-refractivity contribution in [2.24, 2.45) is 0 Å². The molecule has 96 valence electrons. The SMILES string of the molecule is CCNC(Cc1cccs1)c1ccc(Br)cc1Cl. The number of benzene rings is 1. The van der Waals surface area contributed by atoms with Crippen LogP contribution in [0.3, 0.4) is 0 Å². The lowest BCUT2D eigenvalue weighted by Gasteiger charge is -2.19. The molecule has 1 nitrogen and oxygen atoms in total. The van der Waals surface area contributed by atoms with Gasteiger partial charge in [0.15, 0.2) is 0 Å². The van der Waals surface area contributed by atoms with Crippen LogP contribution in [0.1, 0.15) is 23.4 Å². The molecule has 0 aliphatic rings. The van der Waals surface area contributed by atoms with E-state index in [1.54, 1.807) is 11.3 Å². The maximum absolute atomic E-state index is 6.33. The van der Waals surface area contributed by atoms with Crippen LogP contribution in [0.2, 0.25) is 5.02 Å². The Kier molecular flexibility index (Phi) is 5.25. The Morgan fingerprint density at radius 2 is 2.22 bits per heavy atom. The minimum atomic E-state index is 0.272. The molecule has 1 atom stereocenters. The second kappa shape index (κ2) is 6.71. The van der Waals surface area contributed by atoms with Crippen molar-refractivity contribution < 1.29 is 0 Å². The van der Waals surface area contributed by atoms with Crippen molar-refractivity contribution in [1.29, 1.82) is 0 Å². The summed E-state index contributed by atoms with van der Waals surface area (Å²) < 4.78 is 1.02.